The second-order valence-corrected chi connectivity index (χ2v) is 8.85. The van der Waals surface area contributed by atoms with E-state index in [-0.39, 0.29) is 23.2 Å². The van der Waals surface area contributed by atoms with E-state index in [1.165, 1.54) is 6.42 Å². The lowest BCUT2D eigenvalue weighted by Crippen LogP contribution is -2.37. The maximum absolute atomic E-state index is 11.9. The first-order valence-electron chi connectivity index (χ1n) is 8.35. The number of nitrogens with zero attached hydrogens (tertiary/aromatic N) is 2. The topological polar surface area (TPSA) is 126 Å². The molecule has 0 aromatic heterocycles. The van der Waals surface area contributed by atoms with E-state index in [0.717, 1.165) is 30.3 Å². The van der Waals surface area contributed by atoms with Crippen molar-refractivity contribution in [3.8, 4) is 0 Å². The average Bonchev–Trinajstić information content (AvgIpc) is 3.01. The molecule has 2 saturated carbocycles. The number of hydrogen-bond donors (Lipinski definition) is 3. The molecule has 0 aromatic carbocycles. The highest BCUT2D eigenvalue weighted by Crippen LogP contribution is 2.64. The molecule has 0 aromatic rings. The Kier molecular flexibility index (Phi) is 4.38. The number of rotatable bonds is 3. The van der Waals surface area contributed by atoms with Gasteiger partial charge in [0.05, 0.1) is 0 Å². The van der Waals surface area contributed by atoms with Gasteiger partial charge in [-0.1, -0.05) is 32.5 Å². The fourth-order valence-corrected chi connectivity index (χ4v) is 5.05. The molecule has 1 saturated heterocycles. The zero-order valence-electron chi connectivity index (χ0n) is 14.6. The number of hydrogen-bond acceptors (Lipinski definition) is 6. The fourth-order valence-electron chi connectivity index (χ4n) is 4.13. The molecule has 3 unspecified atom stereocenters. The summed E-state index contributed by atoms with van der Waals surface area (Å²) in [7, 11) is 0. The summed E-state index contributed by atoms with van der Waals surface area (Å²) in [5.74, 6) is -0.273. The van der Waals surface area contributed by atoms with Crippen molar-refractivity contribution in [1.82, 2.24) is 10.6 Å². The number of nitrogens with two attached hydrogens (primary N) is 1. The molecule has 1 aliphatic heterocycles. The molecule has 136 valence electrons. The molecule has 3 rings (SSSR count). The van der Waals surface area contributed by atoms with E-state index in [4.69, 9.17) is 5.73 Å². The van der Waals surface area contributed by atoms with Gasteiger partial charge in [0.15, 0.2) is 5.17 Å². The molecule has 9 heteroatoms. The van der Waals surface area contributed by atoms with E-state index in [9.17, 15) is 14.4 Å². The summed E-state index contributed by atoms with van der Waals surface area (Å²) in [6.07, 6.45) is 3.15. The standard InChI is InChI=1S/C16H23N5O3S/c1-15(2)8-4-5-16(15,3)10(6-8)20-21-14-19-12(23)9(25-14)7-11(22)18-13(17)24/h8-9H,4-7H2,1-3H3,(H,19,21,23)(H3,17,18,22,24). The number of urea groups is 1. The highest BCUT2D eigenvalue weighted by atomic mass is 32.2. The number of amides is 4. The van der Waals surface area contributed by atoms with Gasteiger partial charge in [0.25, 0.3) is 0 Å². The van der Waals surface area contributed by atoms with Crippen LogP contribution in [0.15, 0.2) is 10.2 Å². The second kappa shape index (κ2) is 6.12. The van der Waals surface area contributed by atoms with Crippen LogP contribution in [0.1, 0.15) is 46.5 Å². The number of fused-ring (bicyclic) bond motifs is 2. The molecule has 3 aliphatic rings. The van der Waals surface area contributed by atoms with Crippen LogP contribution in [0, 0.1) is 16.7 Å². The van der Waals surface area contributed by atoms with Gasteiger partial charge in [0, 0.05) is 17.5 Å². The van der Waals surface area contributed by atoms with Gasteiger partial charge in [-0.25, -0.2) is 4.79 Å². The maximum Gasteiger partial charge on any atom is 0.318 e. The summed E-state index contributed by atoms with van der Waals surface area (Å²) in [5.41, 5.74) is 6.25. The third-order valence-corrected chi connectivity index (χ3v) is 7.26. The minimum absolute atomic E-state index is 0.0514. The zero-order valence-corrected chi connectivity index (χ0v) is 15.4. The Labute approximate surface area is 150 Å². The summed E-state index contributed by atoms with van der Waals surface area (Å²) < 4.78 is 0. The minimum Gasteiger partial charge on any atom is -0.351 e. The lowest BCUT2D eigenvalue weighted by atomic mass is 9.70. The summed E-state index contributed by atoms with van der Waals surface area (Å²) >= 11 is 1.15. The smallest absolute Gasteiger partial charge is 0.318 e. The lowest BCUT2D eigenvalue weighted by Gasteiger charge is -2.34. The van der Waals surface area contributed by atoms with E-state index in [0.29, 0.717) is 11.1 Å². The molecule has 4 amide bonds. The monoisotopic (exact) mass is 365 g/mol. The van der Waals surface area contributed by atoms with Crippen LogP contribution in [0.25, 0.3) is 0 Å². The van der Waals surface area contributed by atoms with Gasteiger partial charge in [-0.3, -0.25) is 14.9 Å². The Morgan fingerprint density at radius 1 is 1.36 bits per heavy atom. The Bertz CT molecular complexity index is 702. The Balaban J connectivity index is 1.67. The fraction of sp³-hybridized carbons (Fsp3) is 0.688. The van der Waals surface area contributed by atoms with Crippen molar-refractivity contribution >= 4 is 40.5 Å². The summed E-state index contributed by atoms with van der Waals surface area (Å²) in [4.78, 5) is 34.2. The van der Waals surface area contributed by atoms with Crippen LogP contribution in [0.2, 0.25) is 0 Å². The normalized spacial score (nSPS) is 36.0. The first-order valence-corrected chi connectivity index (χ1v) is 9.23. The molecule has 3 fully saturated rings. The van der Waals surface area contributed by atoms with E-state index in [1.54, 1.807) is 0 Å². The first kappa shape index (κ1) is 17.9. The third kappa shape index (κ3) is 3.05. The predicted octanol–water partition coefficient (Wildman–Crippen LogP) is 1.36. The number of imide groups is 1. The molecular formula is C16H23N5O3S. The maximum atomic E-state index is 11.9. The van der Waals surface area contributed by atoms with Crippen molar-refractivity contribution in [1.29, 1.82) is 0 Å². The number of amidine groups is 1. The quantitative estimate of drug-likeness (QED) is 0.653. The third-order valence-electron chi connectivity index (χ3n) is 6.18. The number of primary amides is 1. The molecular weight excluding hydrogens is 342 g/mol. The number of carbonyl (C=O) groups excluding carboxylic acids is 3. The van der Waals surface area contributed by atoms with Gasteiger partial charge in [0.1, 0.15) is 5.25 Å². The van der Waals surface area contributed by atoms with Crippen LogP contribution in [0.3, 0.4) is 0 Å². The van der Waals surface area contributed by atoms with Crippen molar-refractivity contribution < 1.29 is 14.4 Å². The highest BCUT2D eigenvalue weighted by molar-refractivity contribution is 8.15. The van der Waals surface area contributed by atoms with Crippen molar-refractivity contribution in [2.24, 2.45) is 32.7 Å². The van der Waals surface area contributed by atoms with Gasteiger partial charge in [0.2, 0.25) is 11.8 Å². The van der Waals surface area contributed by atoms with Gasteiger partial charge in [-0.15, -0.1) is 5.10 Å². The van der Waals surface area contributed by atoms with E-state index in [1.807, 2.05) is 5.32 Å². The van der Waals surface area contributed by atoms with Crippen LogP contribution in [0.5, 0.6) is 0 Å². The lowest BCUT2D eigenvalue weighted by molar-refractivity contribution is -0.124. The van der Waals surface area contributed by atoms with Crippen molar-refractivity contribution in [2.45, 2.75) is 51.7 Å². The first-order chi connectivity index (χ1) is 11.6. The molecule has 3 atom stereocenters. The molecule has 4 N–H and O–H groups in total. The minimum atomic E-state index is -0.930. The molecule has 0 spiro atoms. The van der Waals surface area contributed by atoms with Crippen molar-refractivity contribution in [3.05, 3.63) is 0 Å². The van der Waals surface area contributed by atoms with Gasteiger partial charge >= 0.3 is 6.03 Å². The predicted molar refractivity (Wildman–Crippen MR) is 96.0 cm³/mol. The molecule has 1 heterocycles. The largest absolute Gasteiger partial charge is 0.351 e. The van der Waals surface area contributed by atoms with Crippen LogP contribution in [0.4, 0.5) is 4.79 Å². The molecule has 2 aliphatic carbocycles. The Morgan fingerprint density at radius 2 is 2.08 bits per heavy atom. The SMILES string of the molecule is CC12CCC(CC1=NN=C1NC(=O)C(CC(=O)NC(N)=O)S1)C2(C)C. The van der Waals surface area contributed by atoms with E-state index in [2.05, 4.69) is 36.3 Å². The van der Waals surface area contributed by atoms with Crippen molar-refractivity contribution in [2.75, 3.05) is 0 Å². The summed E-state index contributed by atoms with van der Waals surface area (Å²) in [6, 6.07) is -0.930. The van der Waals surface area contributed by atoms with E-state index < -0.39 is 17.2 Å². The van der Waals surface area contributed by atoms with Gasteiger partial charge in [-0.2, -0.15) is 5.10 Å². The second-order valence-electron chi connectivity index (χ2n) is 7.66. The number of nitrogens with one attached hydrogen (secondary N) is 2. The van der Waals surface area contributed by atoms with Crippen molar-refractivity contribution in [3.63, 3.8) is 0 Å². The summed E-state index contributed by atoms with van der Waals surface area (Å²) in [5, 5.41) is 13.0. The number of thioether (sulfide) groups is 1. The Morgan fingerprint density at radius 3 is 2.64 bits per heavy atom. The zero-order chi connectivity index (χ0) is 18.4. The van der Waals surface area contributed by atoms with Crippen LogP contribution < -0.4 is 16.4 Å². The molecule has 25 heavy (non-hydrogen) atoms. The molecule has 0 radical (unpaired) electrons. The molecule has 8 nitrogen and oxygen atoms in total. The Hall–Kier alpha value is -1.90. The van der Waals surface area contributed by atoms with Gasteiger partial charge < -0.3 is 11.1 Å². The van der Waals surface area contributed by atoms with E-state index >= 15 is 0 Å². The highest BCUT2D eigenvalue weighted by Gasteiger charge is 2.60. The molecule has 2 bridgehead atoms. The summed E-state index contributed by atoms with van der Waals surface area (Å²) in [6.45, 7) is 6.83. The van der Waals surface area contributed by atoms with Crippen LogP contribution in [-0.2, 0) is 9.59 Å². The van der Waals surface area contributed by atoms with Crippen LogP contribution >= 0.6 is 11.8 Å². The van der Waals surface area contributed by atoms with Crippen LogP contribution in [-0.4, -0.2) is 34.0 Å². The average molecular weight is 365 g/mol. The number of carbonyl (C=O) groups is 3. The van der Waals surface area contributed by atoms with Gasteiger partial charge in [-0.05, 0) is 30.6 Å².